The van der Waals surface area contributed by atoms with Crippen molar-refractivity contribution >= 4 is 11.7 Å². The molecular weight excluding hydrogens is 221 g/mol. The molecule has 0 amide bonds. The predicted octanol–water partition coefficient (Wildman–Crippen LogP) is 2.50. The minimum Gasteiger partial charge on any atom is -0.467 e. The van der Waals surface area contributed by atoms with Crippen molar-refractivity contribution in [1.82, 2.24) is 0 Å². The topological polar surface area (TPSA) is 38.3 Å². The van der Waals surface area contributed by atoms with Gasteiger partial charge in [0.15, 0.2) is 0 Å². The molecule has 0 spiro atoms. The number of hydrogen-bond donors (Lipinski definition) is 1. The monoisotopic (exact) mass is 237 g/mol. The molecule has 0 aliphatic heterocycles. The molecule has 2 rings (SSSR count). The smallest absolute Gasteiger partial charge is 0.328 e. The van der Waals surface area contributed by atoms with Crippen LogP contribution in [0.2, 0.25) is 0 Å². The maximum atomic E-state index is 13.2. The molecule has 0 saturated heterocycles. The number of benzene rings is 1. The van der Waals surface area contributed by atoms with E-state index in [2.05, 4.69) is 5.32 Å². The number of halogens is 1. The largest absolute Gasteiger partial charge is 0.467 e. The second-order valence-corrected chi connectivity index (χ2v) is 4.50. The zero-order chi connectivity index (χ0) is 12.4. The van der Waals surface area contributed by atoms with Gasteiger partial charge >= 0.3 is 5.97 Å². The summed E-state index contributed by atoms with van der Waals surface area (Å²) in [4.78, 5) is 11.6. The molecule has 92 valence electrons. The van der Waals surface area contributed by atoms with E-state index in [9.17, 15) is 9.18 Å². The Kier molecular flexibility index (Phi) is 3.31. The minimum atomic E-state index is -0.360. The van der Waals surface area contributed by atoms with Crippen LogP contribution in [-0.4, -0.2) is 19.1 Å². The van der Waals surface area contributed by atoms with E-state index in [0.717, 1.165) is 18.4 Å². The lowest BCUT2D eigenvalue weighted by atomic mass is 10.1. The van der Waals surface area contributed by atoms with Gasteiger partial charge < -0.3 is 10.1 Å². The molecule has 1 saturated carbocycles. The number of anilines is 1. The molecule has 0 aromatic heterocycles. The third kappa shape index (κ3) is 2.96. The number of hydrogen-bond acceptors (Lipinski definition) is 3. The maximum Gasteiger partial charge on any atom is 0.328 e. The molecule has 1 N–H and O–H groups in total. The van der Waals surface area contributed by atoms with Gasteiger partial charge in [-0.15, -0.1) is 0 Å². The summed E-state index contributed by atoms with van der Waals surface area (Å²) in [6.07, 6.45) is 2.03. The van der Waals surface area contributed by atoms with Gasteiger partial charge in [-0.3, -0.25) is 0 Å². The van der Waals surface area contributed by atoms with E-state index in [1.807, 2.05) is 13.0 Å². The molecule has 0 heterocycles. The van der Waals surface area contributed by atoms with Gasteiger partial charge in [-0.25, -0.2) is 9.18 Å². The minimum absolute atomic E-state index is 0.283. The highest BCUT2D eigenvalue weighted by atomic mass is 19.1. The maximum absolute atomic E-state index is 13.2. The Hall–Kier alpha value is -1.58. The number of carbonyl (C=O) groups excluding carboxylic acids is 1. The zero-order valence-corrected chi connectivity index (χ0v) is 10.00. The fourth-order valence-electron chi connectivity index (χ4n) is 1.92. The summed E-state index contributed by atoms with van der Waals surface area (Å²) >= 11 is 0. The van der Waals surface area contributed by atoms with E-state index < -0.39 is 0 Å². The fraction of sp³-hybridized carbons (Fsp3) is 0.462. The third-order valence-electron chi connectivity index (χ3n) is 2.91. The van der Waals surface area contributed by atoms with Crippen LogP contribution in [0, 0.1) is 18.7 Å². The fourth-order valence-corrected chi connectivity index (χ4v) is 1.92. The Labute approximate surface area is 100.0 Å². The summed E-state index contributed by atoms with van der Waals surface area (Å²) in [6, 6.07) is 4.31. The van der Waals surface area contributed by atoms with Gasteiger partial charge in [0.1, 0.15) is 11.9 Å². The normalized spacial score (nSPS) is 16.4. The lowest BCUT2D eigenvalue weighted by Crippen LogP contribution is -2.32. The van der Waals surface area contributed by atoms with Crippen molar-refractivity contribution in [2.24, 2.45) is 5.92 Å². The first-order chi connectivity index (χ1) is 8.10. The highest BCUT2D eigenvalue weighted by molar-refractivity contribution is 5.80. The van der Waals surface area contributed by atoms with Crippen molar-refractivity contribution in [2.45, 2.75) is 25.8 Å². The molecule has 1 aromatic rings. The van der Waals surface area contributed by atoms with Gasteiger partial charge in [0.25, 0.3) is 0 Å². The first-order valence-electron chi connectivity index (χ1n) is 5.71. The number of methoxy groups -OCH3 is 1. The number of aryl methyl sites for hydroxylation is 1. The predicted molar refractivity (Wildman–Crippen MR) is 63.3 cm³/mol. The Morgan fingerprint density at radius 1 is 1.47 bits per heavy atom. The first kappa shape index (κ1) is 11.9. The van der Waals surface area contributed by atoms with E-state index >= 15 is 0 Å². The highest BCUT2D eigenvalue weighted by Gasteiger charge is 2.37. The summed E-state index contributed by atoms with van der Waals surface area (Å²) in [5.41, 5.74) is 1.46. The van der Waals surface area contributed by atoms with E-state index in [4.69, 9.17) is 4.74 Å². The van der Waals surface area contributed by atoms with Gasteiger partial charge in [-0.2, -0.15) is 0 Å². The number of ether oxygens (including phenoxy) is 1. The van der Waals surface area contributed by atoms with Crippen LogP contribution >= 0.6 is 0 Å². The summed E-state index contributed by atoms with van der Waals surface area (Å²) in [5.74, 6) is -0.271. The molecular formula is C13H16FNO2. The lowest BCUT2D eigenvalue weighted by molar-refractivity contribution is -0.142. The third-order valence-corrected chi connectivity index (χ3v) is 2.91. The molecule has 3 nitrogen and oxygen atoms in total. The molecule has 1 fully saturated rings. The van der Waals surface area contributed by atoms with Gasteiger partial charge in [0.2, 0.25) is 0 Å². The van der Waals surface area contributed by atoms with Crippen molar-refractivity contribution in [3.63, 3.8) is 0 Å². The van der Waals surface area contributed by atoms with Gasteiger partial charge in [-0.05, 0) is 49.4 Å². The van der Waals surface area contributed by atoms with Gasteiger partial charge in [0.05, 0.1) is 7.11 Å². The standard InChI is InChI=1S/C13H16FNO2/c1-8-5-10(14)7-11(6-8)15-12(9-3-4-9)13(16)17-2/h5-7,9,12,15H,3-4H2,1-2H3. The average molecular weight is 237 g/mol. The zero-order valence-electron chi connectivity index (χ0n) is 10.00. The summed E-state index contributed by atoms with van der Waals surface area (Å²) in [6.45, 7) is 1.82. The van der Waals surface area contributed by atoms with Crippen molar-refractivity contribution in [1.29, 1.82) is 0 Å². The molecule has 1 unspecified atom stereocenters. The molecule has 1 aliphatic rings. The van der Waals surface area contributed by atoms with E-state index in [1.165, 1.54) is 19.2 Å². The quantitative estimate of drug-likeness (QED) is 0.818. The summed E-state index contributed by atoms with van der Waals surface area (Å²) in [7, 11) is 1.37. The number of rotatable bonds is 4. The van der Waals surface area contributed by atoms with Crippen molar-refractivity contribution in [2.75, 3.05) is 12.4 Å². The molecule has 1 aliphatic carbocycles. The molecule has 0 bridgehead atoms. The Morgan fingerprint density at radius 2 is 2.18 bits per heavy atom. The van der Waals surface area contributed by atoms with Gasteiger partial charge in [0, 0.05) is 5.69 Å². The number of esters is 1. The van der Waals surface area contributed by atoms with E-state index in [1.54, 1.807) is 0 Å². The Bertz CT molecular complexity index is 409. The Morgan fingerprint density at radius 3 is 2.71 bits per heavy atom. The second kappa shape index (κ2) is 4.73. The van der Waals surface area contributed by atoms with Crippen LogP contribution in [0.3, 0.4) is 0 Å². The van der Waals surface area contributed by atoms with Crippen molar-refractivity contribution in [3.8, 4) is 0 Å². The van der Waals surface area contributed by atoms with Crippen LogP contribution in [0.25, 0.3) is 0 Å². The van der Waals surface area contributed by atoms with Crippen LogP contribution in [0.4, 0.5) is 10.1 Å². The van der Waals surface area contributed by atoms with E-state index in [-0.39, 0.29) is 17.8 Å². The average Bonchev–Trinajstić information content (AvgIpc) is 3.07. The van der Waals surface area contributed by atoms with Crippen LogP contribution < -0.4 is 5.32 Å². The van der Waals surface area contributed by atoms with Crippen LogP contribution in [-0.2, 0) is 9.53 Å². The molecule has 17 heavy (non-hydrogen) atoms. The van der Waals surface area contributed by atoms with Gasteiger partial charge in [-0.1, -0.05) is 0 Å². The van der Waals surface area contributed by atoms with Crippen molar-refractivity contribution in [3.05, 3.63) is 29.6 Å². The van der Waals surface area contributed by atoms with Crippen LogP contribution in [0.1, 0.15) is 18.4 Å². The second-order valence-electron chi connectivity index (χ2n) is 4.50. The van der Waals surface area contributed by atoms with E-state index in [0.29, 0.717) is 11.6 Å². The lowest BCUT2D eigenvalue weighted by Gasteiger charge is -2.17. The van der Waals surface area contributed by atoms with Crippen LogP contribution in [0.15, 0.2) is 18.2 Å². The number of carbonyl (C=O) groups is 1. The molecule has 1 aromatic carbocycles. The number of nitrogens with one attached hydrogen (secondary N) is 1. The summed E-state index contributed by atoms with van der Waals surface area (Å²) in [5, 5.41) is 3.06. The van der Waals surface area contributed by atoms with Crippen molar-refractivity contribution < 1.29 is 13.9 Å². The SMILES string of the molecule is COC(=O)C(Nc1cc(C)cc(F)c1)C1CC1. The molecule has 1 atom stereocenters. The van der Waals surface area contributed by atoms with Crippen LogP contribution in [0.5, 0.6) is 0 Å². The first-order valence-corrected chi connectivity index (χ1v) is 5.71. The Balaban J connectivity index is 2.14. The highest BCUT2D eigenvalue weighted by Crippen LogP contribution is 2.35. The summed E-state index contributed by atoms with van der Waals surface area (Å²) < 4.78 is 18.0. The molecule has 4 heteroatoms. The molecule has 0 radical (unpaired) electrons.